The topological polar surface area (TPSA) is 66.4 Å². The largest absolute Gasteiger partial charge is 0.481 e. The van der Waals surface area contributed by atoms with Gasteiger partial charge in [-0.2, -0.15) is 0 Å². The van der Waals surface area contributed by atoms with Crippen molar-refractivity contribution in [2.24, 2.45) is 11.8 Å². The first-order valence-electron chi connectivity index (χ1n) is 8.24. The molecule has 1 aliphatic carbocycles. The summed E-state index contributed by atoms with van der Waals surface area (Å²) in [6.07, 6.45) is 2.44. The lowest BCUT2D eigenvalue weighted by Crippen LogP contribution is -2.34. The molecule has 1 heterocycles. The number of nitrogens with one attached hydrogen (secondary N) is 1. The first-order valence-corrected chi connectivity index (χ1v) is 9.12. The number of amides is 1. The van der Waals surface area contributed by atoms with Gasteiger partial charge in [0.2, 0.25) is 5.91 Å². The highest BCUT2D eigenvalue weighted by Gasteiger charge is 2.34. The predicted octanol–water partition coefficient (Wildman–Crippen LogP) is 3.65. The Morgan fingerprint density at radius 3 is 2.50 bits per heavy atom. The minimum Gasteiger partial charge on any atom is -0.481 e. The molecule has 0 bridgehead atoms. The van der Waals surface area contributed by atoms with Gasteiger partial charge in [0.25, 0.3) is 0 Å². The second kappa shape index (κ2) is 7.62. The summed E-state index contributed by atoms with van der Waals surface area (Å²) in [7, 11) is 0. The van der Waals surface area contributed by atoms with Crippen LogP contribution in [0, 0.1) is 11.8 Å². The average Bonchev–Trinajstić information content (AvgIpc) is 3.27. The van der Waals surface area contributed by atoms with Gasteiger partial charge in [0.1, 0.15) is 0 Å². The SMILES string of the molecule is O=C(O)[C@@H]1CC[C@H](C(=O)NC(Cc2ccccc2)c2cccs2)C1. The molecular weight excluding hydrogens is 322 g/mol. The van der Waals surface area contributed by atoms with Gasteiger partial charge in [0, 0.05) is 10.8 Å². The lowest BCUT2D eigenvalue weighted by atomic mass is 10.0. The van der Waals surface area contributed by atoms with E-state index in [1.807, 2.05) is 35.7 Å². The third kappa shape index (κ3) is 4.03. The van der Waals surface area contributed by atoms with Crippen LogP contribution < -0.4 is 5.32 Å². The van der Waals surface area contributed by atoms with E-state index in [0.29, 0.717) is 19.3 Å². The van der Waals surface area contributed by atoms with Crippen molar-refractivity contribution >= 4 is 23.2 Å². The molecule has 1 amide bonds. The maximum Gasteiger partial charge on any atom is 0.306 e. The number of carboxylic acids is 1. The number of carbonyl (C=O) groups excluding carboxylic acids is 1. The number of carbonyl (C=O) groups is 2. The minimum atomic E-state index is -0.788. The van der Waals surface area contributed by atoms with Crippen LogP contribution in [0.5, 0.6) is 0 Å². The van der Waals surface area contributed by atoms with E-state index in [1.54, 1.807) is 11.3 Å². The lowest BCUT2D eigenvalue weighted by Gasteiger charge is -2.20. The zero-order chi connectivity index (χ0) is 16.9. The zero-order valence-corrected chi connectivity index (χ0v) is 14.2. The van der Waals surface area contributed by atoms with Crippen LogP contribution >= 0.6 is 11.3 Å². The highest BCUT2D eigenvalue weighted by molar-refractivity contribution is 7.10. The molecule has 3 rings (SSSR count). The molecule has 2 N–H and O–H groups in total. The van der Waals surface area contributed by atoms with Gasteiger partial charge in [-0.05, 0) is 42.7 Å². The predicted molar refractivity (Wildman–Crippen MR) is 93.8 cm³/mol. The first kappa shape index (κ1) is 16.7. The van der Waals surface area contributed by atoms with Crippen molar-refractivity contribution in [3.8, 4) is 0 Å². The minimum absolute atomic E-state index is 0.0203. The van der Waals surface area contributed by atoms with Gasteiger partial charge in [-0.3, -0.25) is 9.59 Å². The number of thiophene rings is 1. The van der Waals surface area contributed by atoms with Crippen molar-refractivity contribution in [1.29, 1.82) is 0 Å². The summed E-state index contributed by atoms with van der Waals surface area (Å²) in [6, 6.07) is 14.0. The second-order valence-corrected chi connectivity index (χ2v) is 7.29. The molecule has 5 heteroatoms. The van der Waals surface area contributed by atoms with Crippen LogP contribution in [0.15, 0.2) is 47.8 Å². The van der Waals surface area contributed by atoms with Crippen LogP contribution in [-0.2, 0) is 16.0 Å². The molecule has 1 saturated carbocycles. The Morgan fingerprint density at radius 2 is 1.88 bits per heavy atom. The summed E-state index contributed by atoms with van der Waals surface area (Å²) >= 11 is 1.63. The van der Waals surface area contributed by atoms with E-state index in [2.05, 4.69) is 17.4 Å². The van der Waals surface area contributed by atoms with Crippen molar-refractivity contribution in [3.63, 3.8) is 0 Å². The van der Waals surface area contributed by atoms with Gasteiger partial charge in [0.05, 0.1) is 12.0 Å². The van der Waals surface area contributed by atoms with Gasteiger partial charge in [-0.25, -0.2) is 0 Å². The number of rotatable bonds is 6. The molecule has 24 heavy (non-hydrogen) atoms. The molecule has 0 radical (unpaired) electrons. The van der Waals surface area contributed by atoms with E-state index >= 15 is 0 Å². The van der Waals surface area contributed by atoms with Gasteiger partial charge < -0.3 is 10.4 Å². The Hall–Kier alpha value is -2.14. The molecule has 1 aromatic heterocycles. The molecule has 0 spiro atoms. The fraction of sp³-hybridized carbons (Fsp3) is 0.368. The van der Waals surface area contributed by atoms with Gasteiger partial charge in [0.15, 0.2) is 0 Å². The standard InChI is InChI=1S/C19H21NO3S/c21-18(14-8-9-15(12-14)19(22)23)20-16(17-7-4-10-24-17)11-13-5-2-1-3-6-13/h1-7,10,14-16H,8-9,11-12H2,(H,20,21)(H,22,23)/t14-,15+,16?/m0/s1. The molecule has 1 unspecified atom stereocenters. The number of aliphatic carboxylic acids is 1. The highest BCUT2D eigenvalue weighted by atomic mass is 32.1. The van der Waals surface area contributed by atoms with Crippen LogP contribution in [-0.4, -0.2) is 17.0 Å². The van der Waals surface area contributed by atoms with E-state index in [9.17, 15) is 9.59 Å². The molecular formula is C19H21NO3S. The van der Waals surface area contributed by atoms with Crippen molar-refractivity contribution in [3.05, 3.63) is 58.3 Å². The number of hydrogen-bond donors (Lipinski definition) is 2. The fourth-order valence-corrected chi connectivity index (χ4v) is 4.07. The normalized spacial score (nSPS) is 21.3. The Labute approximate surface area is 145 Å². The van der Waals surface area contributed by atoms with Crippen molar-refractivity contribution in [2.75, 3.05) is 0 Å². The van der Waals surface area contributed by atoms with Crippen molar-refractivity contribution < 1.29 is 14.7 Å². The number of benzene rings is 1. The van der Waals surface area contributed by atoms with E-state index < -0.39 is 5.97 Å². The molecule has 3 atom stereocenters. The summed E-state index contributed by atoms with van der Waals surface area (Å²) in [5, 5.41) is 14.3. The van der Waals surface area contributed by atoms with Gasteiger partial charge >= 0.3 is 5.97 Å². The number of carboxylic acid groups (broad SMARTS) is 1. The summed E-state index contributed by atoms with van der Waals surface area (Å²) in [5.74, 6) is -1.38. The van der Waals surface area contributed by atoms with Crippen LogP contribution in [0.4, 0.5) is 0 Å². The Morgan fingerprint density at radius 1 is 1.12 bits per heavy atom. The van der Waals surface area contributed by atoms with Gasteiger partial charge in [-0.15, -0.1) is 11.3 Å². The smallest absolute Gasteiger partial charge is 0.306 e. The molecule has 126 valence electrons. The second-order valence-electron chi connectivity index (χ2n) is 6.31. The average molecular weight is 343 g/mol. The summed E-state index contributed by atoms with van der Waals surface area (Å²) in [6.45, 7) is 0. The molecule has 4 nitrogen and oxygen atoms in total. The van der Waals surface area contributed by atoms with E-state index in [1.165, 1.54) is 5.56 Å². The first-order chi connectivity index (χ1) is 11.6. The van der Waals surface area contributed by atoms with Crippen molar-refractivity contribution in [1.82, 2.24) is 5.32 Å². The van der Waals surface area contributed by atoms with Crippen LogP contribution in [0.3, 0.4) is 0 Å². The quantitative estimate of drug-likeness (QED) is 0.841. The Kier molecular flexibility index (Phi) is 5.30. The Bertz CT molecular complexity index is 684. The molecule has 1 aliphatic rings. The molecule has 0 aliphatic heterocycles. The fourth-order valence-electron chi connectivity index (χ4n) is 3.30. The van der Waals surface area contributed by atoms with Crippen LogP contribution in [0.25, 0.3) is 0 Å². The van der Waals surface area contributed by atoms with Gasteiger partial charge in [-0.1, -0.05) is 36.4 Å². The molecule has 1 fully saturated rings. The molecule has 1 aromatic carbocycles. The molecule has 0 saturated heterocycles. The lowest BCUT2D eigenvalue weighted by molar-refractivity contribution is -0.141. The maximum absolute atomic E-state index is 12.6. The van der Waals surface area contributed by atoms with E-state index in [4.69, 9.17) is 5.11 Å². The maximum atomic E-state index is 12.6. The third-order valence-corrected chi connectivity index (χ3v) is 5.62. The Balaban J connectivity index is 1.68. The summed E-state index contributed by atoms with van der Waals surface area (Å²) < 4.78 is 0. The third-order valence-electron chi connectivity index (χ3n) is 4.64. The summed E-state index contributed by atoms with van der Waals surface area (Å²) in [4.78, 5) is 24.8. The van der Waals surface area contributed by atoms with Crippen molar-refractivity contribution in [2.45, 2.75) is 31.7 Å². The van der Waals surface area contributed by atoms with Crippen LogP contribution in [0.1, 0.15) is 35.7 Å². The van der Waals surface area contributed by atoms with E-state index in [0.717, 1.165) is 11.3 Å². The molecule has 2 aromatic rings. The number of hydrogen-bond acceptors (Lipinski definition) is 3. The monoisotopic (exact) mass is 343 g/mol. The van der Waals surface area contributed by atoms with Crippen LogP contribution in [0.2, 0.25) is 0 Å². The zero-order valence-electron chi connectivity index (χ0n) is 13.4. The van der Waals surface area contributed by atoms with E-state index in [-0.39, 0.29) is 23.8 Å². The summed E-state index contributed by atoms with van der Waals surface area (Å²) in [5.41, 5.74) is 1.17. The highest BCUT2D eigenvalue weighted by Crippen LogP contribution is 2.32.